The largest absolute Gasteiger partial charge is 0.479 e. The molecule has 1 atom stereocenters. The second kappa shape index (κ2) is 6.02. The number of nitrogens with zero attached hydrogens (tertiary/aromatic N) is 2. The van der Waals surface area contributed by atoms with E-state index in [1.807, 2.05) is 49.6 Å². The zero-order valence-electron chi connectivity index (χ0n) is 14.5. The lowest BCUT2D eigenvalue weighted by Crippen LogP contribution is -2.39. The summed E-state index contributed by atoms with van der Waals surface area (Å²) in [7, 11) is 0. The van der Waals surface area contributed by atoms with Gasteiger partial charge >= 0.3 is 5.97 Å². The quantitative estimate of drug-likeness (QED) is 0.931. The van der Waals surface area contributed by atoms with Crippen LogP contribution in [0.4, 0.5) is 4.39 Å². The third-order valence-corrected chi connectivity index (χ3v) is 4.91. The highest BCUT2D eigenvalue weighted by Gasteiger charge is 2.47. The van der Waals surface area contributed by atoms with Crippen molar-refractivity contribution in [3.05, 3.63) is 52.8 Å². The number of carbonyl (C=O) groups excluding carboxylic acids is 1. The van der Waals surface area contributed by atoms with Gasteiger partial charge in [-0.25, -0.2) is 9.18 Å². The van der Waals surface area contributed by atoms with Crippen molar-refractivity contribution < 1.29 is 19.1 Å². The van der Waals surface area contributed by atoms with Gasteiger partial charge in [0.1, 0.15) is 0 Å². The average Bonchev–Trinajstić information content (AvgIpc) is 3.10. The SMILES string of the molecule is Cc1ccccc1-n1c(C)cc(C(=O)N2CCC(F)(C(=O)O)C2)c1C. The molecule has 0 spiro atoms. The van der Waals surface area contributed by atoms with Crippen LogP contribution in [0.3, 0.4) is 0 Å². The number of carboxylic acids is 1. The lowest BCUT2D eigenvalue weighted by molar-refractivity contribution is -0.149. The third-order valence-electron chi connectivity index (χ3n) is 4.91. The molecule has 2 aromatic rings. The fourth-order valence-electron chi connectivity index (χ4n) is 3.46. The van der Waals surface area contributed by atoms with E-state index in [9.17, 15) is 14.0 Å². The number of aliphatic carboxylic acids is 1. The number of likely N-dealkylation sites (tertiary alicyclic amines) is 1. The lowest BCUT2D eigenvalue weighted by Gasteiger charge is -2.18. The first-order chi connectivity index (χ1) is 11.7. The molecule has 0 aliphatic carbocycles. The molecule has 0 bridgehead atoms. The van der Waals surface area contributed by atoms with Crippen LogP contribution in [0, 0.1) is 20.8 Å². The van der Waals surface area contributed by atoms with Gasteiger partial charge in [0.15, 0.2) is 0 Å². The second-order valence-electron chi connectivity index (χ2n) is 6.65. The molecule has 2 heterocycles. The van der Waals surface area contributed by atoms with Crippen LogP contribution in [0.25, 0.3) is 5.69 Å². The Hall–Kier alpha value is -2.63. The number of aromatic nitrogens is 1. The van der Waals surface area contributed by atoms with Crippen molar-refractivity contribution in [2.45, 2.75) is 32.9 Å². The fraction of sp³-hybridized carbons (Fsp3) is 0.368. The van der Waals surface area contributed by atoms with E-state index in [1.54, 1.807) is 6.07 Å². The summed E-state index contributed by atoms with van der Waals surface area (Å²) in [5.41, 5.74) is 1.87. The summed E-state index contributed by atoms with van der Waals surface area (Å²) in [6, 6.07) is 9.66. The van der Waals surface area contributed by atoms with Crippen molar-refractivity contribution >= 4 is 11.9 Å². The zero-order valence-corrected chi connectivity index (χ0v) is 14.5. The molecule has 1 aromatic carbocycles. The maximum atomic E-state index is 14.3. The molecule has 1 fully saturated rings. The smallest absolute Gasteiger partial charge is 0.343 e. The monoisotopic (exact) mass is 344 g/mol. The lowest BCUT2D eigenvalue weighted by atomic mass is 10.1. The Morgan fingerprint density at radius 2 is 1.88 bits per heavy atom. The minimum atomic E-state index is -2.35. The maximum absolute atomic E-state index is 14.3. The van der Waals surface area contributed by atoms with E-state index in [1.165, 1.54) is 4.90 Å². The average molecular weight is 344 g/mol. The highest BCUT2D eigenvalue weighted by atomic mass is 19.1. The zero-order chi connectivity index (χ0) is 18.4. The number of amides is 1. The number of carbonyl (C=O) groups is 2. The van der Waals surface area contributed by atoms with Crippen LogP contribution in [0.5, 0.6) is 0 Å². The number of aryl methyl sites for hydroxylation is 2. The summed E-state index contributed by atoms with van der Waals surface area (Å²) in [6.07, 6.45) is -0.176. The normalized spacial score (nSPS) is 20.1. The van der Waals surface area contributed by atoms with Crippen LogP contribution in [-0.2, 0) is 4.79 Å². The molecule has 132 valence electrons. The van der Waals surface area contributed by atoms with Gasteiger partial charge in [-0.15, -0.1) is 0 Å². The van der Waals surface area contributed by atoms with Crippen molar-refractivity contribution in [1.82, 2.24) is 9.47 Å². The van der Waals surface area contributed by atoms with Gasteiger partial charge in [-0.2, -0.15) is 0 Å². The highest BCUT2D eigenvalue weighted by Crippen LogP contribution is 2.29. The minimum absolute atomic E-state index is 0.107. The molecule has 1 N–H and O–H groups in total. The molecule has 1 unspecified atom stereocenters. The summed E-state index contributed by atoms with van der Waals surface area (Å²) < 4.78 is 16.3. The standard InChI is InChI=1S/C19H21FN2O3/c1-12-6-4-5-7-16(12)22-13(2)10-15(14(22)3)17(23)21-9-8-19(20,11-21)18(24)25/h4-7,10H,8-9,11H2,1-3H3,(H,24,25). The van der Waals surface area contributed by atoms with E-state index in [2.05, 4.69) is 0 Å². The van der Waals surface area contributed by atoms with Crippen LogP contribution in [0.1, 0.15) is 33.7 Å². The van der Waals surface area contributed by atoms with E-state index in [0.29, 0.717) is 5.56 Å². The molecule has 0 saturated carbocycles. The Morgan fingerprint density at radius 3 is 2.48 bits per heavy atom. The van der Waals surface area contributed by atoms with E-state index < -0.39 is 18.2 Å². The summed E-state index contributed by atoms with van der Waals surface area (Å²) in [6.45, 7) is 5.46. The van der Waals surface area contributed by atoms with E-state index >= 15 is 0 Å². The van der Waals surface area contributed by atoms with E-state index in [0.717, 1.165) is 22.6 Å². The number of rotatable bonds is 3. The van der Waals surface area contributed by atoms with E-state index in [-0.39, 0.29) is 18.9 Å². The van der Waals surface area contributed by atoms with Gasteiger partial charge in [0.2, 0.25) is 5.67 Å². The van der Waals surface area contributed by atoms with Crippen LogP contribution >= 0.6 is 0 Å². The fourth-order valence-corrected chi connectivity index (χ4v) is 3.46. The first-order valence-corrected chi connectivity index (χ1v) is 8.21. The Morgan fingerprint density at radius 1 is 1.20 bits per heavy atom. The topological polar surface area (TPSA) is 62.5 Å². The number of carboxylic acid groups (broad SMARTS) is 1. The number of hydrogen-bond donors (Lipinski definition) is 1. The first kappa shape index (κ1) is 17.2. The van der Waals surface area contributed by atoms with Crippen LogP contribution in [-0.4, -0.2) is 45.2 Å². The molecule has 1 aromatic heterocycles. The molecule has 0 radical (unpaired) electrons. The molecule has 5 nitrogen and oxygen atoms in total. The van der Waals surface area contributed by atoms with E-state index in [4.69, 9.17) is 5.11 Å². The van der Waals surface area contributed by atoms with Crippen LogP contribution < -0.4 is 0 Å². The van der Waals surface area contributed by atoms with Gasteiger partial charge < -0.3 is 14.6 Å². The molecule has 1 saturated heterocycles. The highest BCUT2D eigenvalue weighted by molar-refractivity contribution is 5.97. The Bertz CT molecular complexity index is 858. The molecule has 6 heteroatoms. The van der Waals surface area contributed by atoms with Crippen molar-refractivity contribution in [3.63, 3.8) is 0 Å². The predicted molar refractivity (Wildman–Crippen MR) is 92.0 cm³/mol. The summed E-state index contributed by atoms with van der Waals surface area (Å²) in [4.78, 5) is 25.2. The number of halogens is 1. The van der Waals surface area contributed by atoms with Crippen molar-refractivity contribution in [1.29, 1.82) is 0 Å². The number of para-hydroxylation sites is 1. The second-order valence-corrected chi connectivity index (χ2v) is 6.65. The van der Waals surface area contributed by atoms with Crippen LogP contribution in [0.2, 0.25) is 0 Å². The molecular formula is C19H21FN2O3. The van der Waals surface area contributed by atoms with Crippen molar-refractivity contribution in [2.75, 3.05) is 13.1 Å². The van der Waals surface area contributed by atoms with Gasteiger partial charge in [-0.3, -0.25) is 4.79 Å². The van der Waals surface area contributed by atoms with Gasteiger partial charge in [-0.1, -0.05) is 18.2 Å². The van der Waals surface area contributed by atoms with Crippen molar-refractivity contribution in [3.8, 4) is 5.69 Å². The summed E-state index contributed by atoms with van der Waals surface area (Å²) in [5.74, 6) is -1.83. The molecule has 1 amide bonds. The molecular weight excluding hydrogens is 323 g/mol. The minimum Gasteiger partial charge on any atom is -0.479 e. The predicted octanol–water partition coefficient (Wildman–Crippen LogP) is 3.04. The first-order valence-electron chi connectivity index (χ1n) is 8.21. The number of hydrogen-bond acceptors (Lipinski definition) is 2. The van der Waals surface area contributed by atoms with Gasteiger partial charge in [-0.05, 0) is 38.5 Å². The summed E-state index contributed by atoms with van der Waals surface area (Å²) in [5, 5.41) is 9.01. The van der Waals surface area contributed by atoms with Gasteiger partial charge in [0, 0.05) is 30.0 Å². The molecule has 1 aliphatic rings. The van der Waals surface area contributed by atoms with Gasteiger partial charge in [0.05, 0.1) is 12.1 Å². The van der Waals surface area contributed by atoms with Crippen LogP contribution in [0.15, 0.2) is 30.3 Å². The Labute approximate surface area is 145 Å². The van der Waals surface area contributed by atoms with Crippen molar-refractivity contribution in [2.24, 2.45) is 0 Å². The summed E-state index contributed by atoms with van der Waals surface area (Å²) >= 11 is 0. The third kappa shape index (κ3) is 2.81. The molecule has 3 rings (SSSR count). The number of alkyl halides is 1. The Kier molecular flexibility index (Phi) is 4.14. The Balaban J connectivity index is 1.95. The maximum Gasteiger partial charge on any atom is 0.343 e. The van der Waals surface area contributed by atoms with Gasteiger partial charge in [0.25, 0.3) is 5.91 Å². The molecule has 1 aliphatic heterocycles. The number of benzene rings is 1. The molecule has 25 heavy (non-hydrogen) atoms.